The van der Waals surface area contributed by atoms with E-state index in [1.807, 2.05) is 66.7 Å². The fourth-order valence-corrected chi connectivity index (χ4v) is 4.43. The molecule has 0 aliphatic carbocycles. The number of ether oxygens (including phenoxy) is 2. The van der Waals surface area contributed by atoms with Crippen molar-refractivity contribution < 1.29 is 23.0 Å². The van der Waals surface area contributed by atoms with Crippen molar-refractivity contribution in [3.8, 4) is 16.9 Å². The van der Waals surface area contributed by atoms with Gasteiger partial charge in [-0.05, 0) is 67.6 Å². The quantitative estimate of drug-likeness (QED) is 0.273. The molecule has 0 radical (unpaired) electrons. The molecule has 0 spiro atoms. The van der Waals surface area contributed by atoms with E-state index >= 15 is 0 Å². The van der Waals surface area contributed by atoms with E-state index in [1.54, 1.807) is 46.8 Å². The van der Waals surface area contributed by atoms with Crippen LogP contribution in [0.1, 0.15) is 40.2 Å². The zero-order valence-electron chi connectivity index (χ0n) is 20.8. The Morgan fingerprint density at radius 1 is 0.914 bits per heavy atom. The van der Waals surface area contributed by atoms with E-state index in [1.165, 1.54) is 0 Å². The van der Waals surface area contributed by atoms with Crippen molar-refractivity contribution in [1.82, 2.24) is 0 Å². The molecule has 3 rings (SSSR count). The van der Waals surface area contributed by atoms with Crippen LogP contribution in [-0.2, 0) is 27.4 Å². The minimum absolute atomic E-state index is 0.286. The summed E-state index contributed by atoms with van der Waals surface area (Å²) >= 11 is -2.66. The van der Waals surface area contributed by atoms with Crippen LogP contribution in [0.3, 0.4) is 0 Å². The Labute approximate surface area is 210 Å². The van der Waals surface area contributed by atoms with Crippen molar-refractivity contribution in [3.05, 3.63) is 84.4 Å². The molecule has 0 N–H and O–H groups in total. The average molecular weight is 495 g/mol. The van der Waals surface area contributed by atoms with Crippen LogP contribution >= 0.6 is 0 Å². The predicted molar refractivity (Wildman–Crippen MR) is 139 cm³/mol. The summed E-state index contributed by atoms with van der Waals surface area (Å²) in [5, 5.41) is 0. The second-order valence-electron chi connectivity index (χ2n) is 9.61. The highest BCUT2D eigenvalue weighted by molar-refractivity contribution is 7.80. The molecule has 2 unspecified atom stereocenters. The van der Waals surface area contributed by atoms with Crippen LogP contribution in [0.4, 0.5) is 5.69 Å². The van der Waals surface area contributed by atoms with Crippen molar-refractivity contribution in [1.29, 1.82) is 0 Å². The van der Waals surface area contributed by atoms with E-state index in [0.717, 1.165) is 26.7 Å². The number of carbonyl (C=O) groups is 1. The summed E-state index contributed by atoms with van der Waals surface area (Å²) in [6.45, 7) is 9.36. The zero-order chi connectivity index (χ0) is 25.6. The minimum Gasteiger partial charge on any atom is -0.755 e. The molecule has 3 aromatic carbocycles. The summed E-state index contributed by atoms with van der Waals surface area (Å²) in [5.41, 5.74) is 2.65. The summed E-state index contributed by atoms with van der Waals surface area (Å²) in [5.74, 6) is -0.1000. The highest BCUT2D eigenvalue weighted by atomic mass is 32.2. The maximum atomic E-state index is 12.8. The van der Waals surface area contributed by atoms with Crippen LogP contribution in [-0.4, -0.2) is 26.4 Å². The summed E-state index contributed by atoms with van der Waals surface area (Å²) < 4.78 is 36.8. The predicted octanol–water partition coefficient (Wildman–Crippen LogP) is 5.90. The SMILES string of the molecule is CC(C)C(C(=O)OC(C)(C)C)N(c1ccc(-c2ccc(OCc3ccccc3)cc2)cc1)S(=O)[O-]. The lowest BCUT2D eigenvalue weighted by molar-refractivity contribution is -0.157. The molecule has 2 atom stereocenters. The Morgan fingerprint density at radius 3 is 1.94 bits per heavy atom. The second kappa shape index (κ2) is 11.5. The van der Waals surface area contributed by atoms with E-state index in [0.29, 0.717) is 12.3 Å². The lowest BCUT2D eigenvalue weighted by Gasteiger charge is -2.36. The summed E-state index contributed by atoms with van der Waals surface area (Å²) in [6, 6.07) is 23.8. The summed E-state index contributed by atoms with van der Waals surface area (Å²) in [6.07, 6.45) is 0. The van der Waals surface area contributed by atoms with Crippen LogP contribution in [0.15, 0.2) is 78.9 Å². The normalized spacial score (nSPS) is 13.2. The molecule has 0 aromatic heterocycles. The van der Waals surface area contributed by atoms with Crippen LogP contribution in [0.2, 0.25) is 0 Å². The number of benzene rings is 3. The van der Waals surface area contributed by atoms with Gasteiger partial charge in [-0.3, -0.25) is 8.51 Å². The summed E-state index contributed by atoms with van der Waals surface area (Å²) in [4.78, 5) is 12.8. The number of nitrogens with zero attached hydrogens (tertiary/aromatic N) is 1. The van der Waals surface area contributed by atoms with Crippen molar-refractivity contribution in [3.63, 3.8) is 0 Å². The number of rotatable bonds is 9. The van der Waals surface area contributed by atoms with Gasteiger partial charge in [-0.1, -0.05) is 68.4 Å². The average Bonchev–Trinajstić information content (AvgIpc) is 2.80. The minimum atomic E-state index is -2.66. The maximum absolute atomic E-state index is 12.8. The number of carbonyl (C=O) groups excluding carboxylic acids is 1. The monoisotopic (exact) mass is 494 g/mol. The van der Waals surface area contributed by atoms with Crippen molar-refractivity contribution in [2.45, 2.75) is 52.9 Å². The first-order chi connectivity index (χ1) is 16.5. The van der Waals surface area contributed by atoms with Crippen molar-refractivity contribution in [2.24, 2.45) is 5.92 Å². The molecular weight excluding hydrogens is 462 g/mol. The Bertz CT molecular complexity index is 1120. The number of hydrogen-bond donors (Lipinski definition) is 0. The van der Waals surface area contributed by atoms with E-state index in [4.69, 9.17) is 9.47 Å². The number of esters is 1. The van der Waals surface area contributed by atoms with Crippen LogP contribution in [0, 0.1) is 5.92 Å². The molecule has 0 fully saturated rings. The molecule has 0 aliphatic heterocycles. The number of hydrogen-bond acceptors (Lipinski definition) is 5. The largest absolute Gasteiger partial charge is 0.755 e. The van der Waals surface area contributed by atoms with Gasteiger partial charge in [-0.25, -0.2) is 4.79 Å². The molecule has 7 heteroatoms. The Balaban J connectivity index is 1.76. The Hall–Kier alpha value is -3.16. The van der Waals surface area contributed by atoms with Crippen LogP contribution in [0.5, 0.6) is 5.75 Å². The Morgan fingerprint density at radius 2 is 1.46 bits per heavy atom. The molecule has 3 aromatic rings. The van der Waals surface area contributed by atoms with Gasteiger partial charge in [0.1, 0.15) is 24.0 Å². The molecule has 35 heavy (non-hydrogen) atoms. The molecule has 0 saturated heterocycles. The van der Waals surface area contributed by atoms with E-state index < -0.39 is 28.9 Å². The lowest BCUT2D eigenvalue weighted by Crippen LogP contribution is -2.48. The van der Waals surface area contributed by atoms with Gasteiger partial charge in [0.15, 0.2) is 0 Å². The molecule has 6 nitrogen and oxygen atoms in total. The smallest absolute Gasteiger partial charge is 0.330 e. The van der Waals surface area contributed by atoms with Crippen molar-refractivity contribution >= 4 is 22.9 Å². The summed E-state index contributed by atoms with van der Waals surface area (Å²) in [7, 11) is 0. The fourth-order valence-electron chi connectivity index (χ4n) is 3.63. The maximum Gasteiger partial charge on any atom is 0.330 e. The highest BCUT2D eigenvalue weighted by Crippen LogP contribution is 2.29. The topological polar surface area (TPSA) is 78.9 Å². The second-order valence-corrected chi connectivity index (χ2v) is 10.4. The standard InChI is InChI=1S/C28H33NO5S/c1-20(2)26(27(30)34-28(3,4)5)29(35(31)32)24-15-11-22(12-16-24)23-13-17-25(18-14-23)33-19-21-9-7-6-8-10-21/h6-18,20,26H,19H2,1-5H3,(H,31,32)/p-1. The van der Waals surface area contributed by atoms with Crippen molar-refractivity contribution in [2.75, 3.05) is 4.31 Å². The highest BCUT2D eigenvalue weighted by Gasteiger charge is 2.34. The van der Waals surface area contributed by atoms with E-state index in [9.17, 15) is 13.6 Å². The fraction of sp³-hybridized carbons (Fsp3) is 0.321. The third-order valence-electron chi connectivity index (χ3n) is 5.25. The Kier molecular flexibility index (Phi) is 8.70. The molecular formula is C28H32NO5S-. The van der Waals surface area contributed by atoms with Gasteiger partial charge in [0.25, 0.3) is 0 Å². The van der Waals surface area contributed by atoms with E-state index in [2.05, 4.69) is 0 Å². The third kappa shape index (κ3) is 7.41. The molecule has 0 bridgehead atoms. The van der Waals surface area contributed by atoms with Gasteiger partial charge in [0, 0.05) is 17.0 Å². The molecule has 0 heterocycles. The van der Waals surface area contributed by atoms with Crippen LogP contribution < -0.4 is 9.04 Å². The molecule has 186 valence electrons. The van der Waals surface area contributed by atoms with Gasteiger partial charge in [-0.2, -0.15) is 0 Å². The first kappa shape index (κ1) is 26.4. The van der Waals surface area contributed by atoms with Crippen LogP contribution in [0.25, 0.3) is 11.1 Å². The zero-order valence-corrected chi connectivity index (χ0v) is 21.6. The first-order valence-corrected chi connectivity index (χ1v) is 12.6. The van der Waals surface area contributed by atoms with Gasteiger partial charge in [0.05, 0.1) is 0 Å². The molecule has 0 amide bonds. The lowest BCUT2D eigenvalue weighted by atomic mass is 10.0. The molecule has 0 aliphatic rings. The van der Waals surface area contributed by atoms with Gasteiger partial charge >= 0.3 is 5.97 Å². The third-order valence-corrected chi connectivity index (χ3v) is 6.01. The van der Waals surface area contributed by atoms with Gasteiger partial charge in [0.2, 0.25) is 0 Å². The number of anilines is 1. The van der Waals surface area contributed by atoms with Gasteiger partial charge < -0.3 is 14.0 Å². The molecule has 0 saturated carbocycles. The van der Waals surface area contributed by atoms with E-state index in [-0.39, 0.29) is 5.92 Å². The van der Waals surface area contributed by atoms with Gasteiger partial charge in [-0.15, -0.1) is 0 Å². The first-order valence-electron chi connectivity index (χ1n) is 11.5.